The van der Waals surface area contributed by atoms with Crippen LogP contribution in [0.2, 0.25) is 0 Å². The lowest BCUT2D eigenvalue weighted by Gasteiger charge is -2.51. The molecule has 1 saturated heterocycles. The summed E-state index contributed by atoms with van der Waals surface area (Å²) in [7, 11) is 0. The van der Waals surface area contributed by atoms with E-state index >= 15 is 0 Å². The lowest BCUT2D eigenvalue weighted by molar-refractivity contribution is -0.138. The Morgan fingerprint density at radius 1 is 1.45 bits per heavy atom. The van der Waals surface area contributed by atoms with Gasteiger partial charge in [0.25, 0.3) is 0 Å². The molecule has 1 atom stereocenters. The van der Waals surface area contributed by atoms with Gasteiger partial charge in [-0.1, -0.05) is 12.1 Å². The lowest BCUT2D eigenvalue weighted by Crippen LogP contribution is -2.66. The zero-order chi connectivity index (χ0) is 14.3. The average Bonchev–Trinajstić information content (AvgIpc) is 2.77. The Bertz CT molecular complexity index is 615. The normalized spacial score (nSPS) is 23.0. The Hall–Kier alpha value is -1.88. The van der Waals surface area contributed by atoms with Crippen LogP contribution in [-0.2, 0) is 4.79 Å². The second-order valence-corrected chi connectivity index (χ2v) is 5.87. The molecule has 5 heteroatoms. The van der Waals surface area contributed by atoms with E-state index in [0.717, 1.165) is 24.0 Å². The number of hydrogen-bond donors (Lipinski definition) is 2. The topological polar surface area (TPSA) is 61.0 Å². The summed E-state index contributed by atoms with van der Waals surface area (Å²) in [5, 5.41) is 2.91. The number of carbonyl (C=O) groups excluding carboxylic acids is 1. The molecule has 1 aromatic heterocycles. The first-order valence-electron chi connectivity index (χ1n) is 7.03. The minimum Gasteiger partial charge on any atom is -0.324 e. The minimum atomic E-state index is -0.423. The SMILES string of the molecule is CC(C)N1CCC1(C)C(=O)Nc1nc2ccccc2[nH]1. The van der Waals surface area contributed by atoms with Crippen LogP contribution in [0.25, 0.3) is 11.0 Å². The van der Waals surface area contributed by atoms with Crippen molar-refractivity contribution in [2.75, 3.05) is 11.9 Å². The van der Waals surface area contributed by atoms with E-state index in [1.54, 1.807) is 0 Å². The van der Waals surface area contributed by atoms with E-state index in [1.807, 2.05) is 31.2 Å². The third kappa shape index (κ3) is 1.98. The van der Waals surface area contributed by atoms with Crippen molar-refractivity contribution in [1.29, 1.82) is 0 Å². The predicted octanol–water partition coefficient (Wildman–Crippen LogP) is 2.37. The highest BCUT2D eigenvalue weighted by molar-refractivity contribution is 5.98. The summed E-state index contributed by atoms with van der Waals surface area (Å²) in [6.07, 6.45) is 0.886. The van der Waals surface area contributed by atoms with Crippen LogP contribution in [0.4, 0.5) is 5.95 Å². The molecular weight excluding hydrogens is 252 g/mol. The number of H-pyrrole nitrogens is 1. The van der Waals surface area contributed by atoms with Crippen LogP contribution in [-0.4, -0.2) is 38.9 Å². The molecule has 1 aliphatic heterocycles. The number of likely N-dealkylation sites (tertiary alicyclic amines) is 1. The van der Waals surface area contributed by atoms with E-state index < -0.39 is 5.54 Å². The second-order valence-electron chi connectivity index (χ2n) is 5.87. The molecule has 1 unspecified atom stereocenters. The third-order valence-corrected chi connectivity index (χ3v) is 4.21. The average molecular weight is 272 g/mol. The van der Waals surface area contributed by atoms with Gasteiger partial charge in [0.15, 0.2) is 0 Å². The van der Waals surface area contributed by atoms with Gasteiger partial charge in [-0.3, -0.25) is 15.0 Å². The molecule has 0 radical (unpaired) electrons. The van der Waals surface area contributed by atoms with E-state index in [0.29, 0.717) is 12.0 Å². The molecule has 1 aromatic carbocycles. The van der Waals surface area contributed by atoms with Crippen molar-refractivity contribution in [3.8, 4) is 0 Å². The number of aromatic nitrogens is 2. The molecule has 0 aliphatic carbocycles. The Kier molecular flexibility index (Phi) is 3.01. The lowest BCUT2D eigenvalue weighted by atomic mass is 9.84. The number of carbonyl (C=O) groups is 1. The molecule has 2 aromatic rings. The number of benzene rings is 1. The third-order valence-electron chi connectivity index (χ3n) is 4.21. The molecule has 5 nitrogen and oxygen atoms in total. The van der Waals surface area contributed by atoms with Crippen LogP contribution in [0.5, 0.6) is 0 Å². The molecule has 1 amide bonds. The Labute approximate surface area is 118 Å². The predicted molar refractivity (Wildman–Crippen MR) is 79.6 cm³/mol. The Balaban J connectivity index is 1.79. The summed E-state index contributed by atoms with van der Waals surface area (Å²) in [4.78, 5) is 22.2. The van der Waals surface area contributed by atoms with Crippen molar-refractivity contribution < 1.29 is 4.79 Å². The minimum absolute atomic E-state index is 0.0107. The van der Waals surface area contributed by atoms with E-state index in [-0.39, 0.29) is 5.91 Å². The monoisotopic (exact) mass is 272 g/mol. The maximum absolute atomic E-state index is 12.5. The number of fused-ring (bicyclic) bond motifs is 1. The van der Waals surface area contributed by atoms with E-state index in [1.165, 1.54) is 0 Å². The van der Waals surface area contributed by atoms with Gasteiger partial charge in [0.2, 0.25) is 11.9 Å². The largest absolute Gasteiger partial charge is 0.324 e. The number of nitrogens with zero attached hydrogens (tertiary/aromatic N) is 2. The molecule has 1 fully saturated rings. The first-order valence-corrected chi connectivity index (χ1v) is 7.03. The molecule has 3 rings (SSSR count). The van der Waals surface area contributed by atoms with Gasteiger partial charge >= 0.3 is 0 Å². The van der Waals surface area contributed by atoms with Crippen LogP contribution in [0, 0.1) is 0 Å². The summed E-state index contributed by atoms with van der Waals surface area (Å²) in [6.45, 7) is 7.20. The van der Waals surface area contributed by atoms with E-state index in [9.17, 15) is 4.79 Å². The fourth-order valence-corrected chi connectivity index (χ4v) is 2.90. The fraction of sp³-hybridized carbons (Fsp3) is 0.467. The van der Waals surface area contributed by atoms with Crippen molar-refractivity contribution >= 4 is 22.9 Å². The number of hydrogen-bond acceptors (Lipinski definition) is 3. The fourth-order valence-electron chi connectivity index (χ4n) is 2.90. The molecule has 2 N–H and O–H groups in total. The first-order chi connectivity index (χ1) is 9.50. The van der Waals surface area contributed by atoms with Gasteiger partial charge in [0.05, 0.1) is 16.6 Å². The number of rotatable bonds is 3. The van der Waals surface area contributed by atoms with Gasteiger partial charge in [-0.2, -0.15) is 0 Å². The summed E-state index contributed by atoms with van der Waals surface area (Å²) in [6, 6.07) is 8.12. The van der Waals surface area contributed by atoms with Gasteiger partial charge in [0.1, 0.15) is 0 Å². The maximum Gasteiger partial charge on any atom is 0.246 e. The molecule has 0 bridgehead atoms. The number of nitrogens with one attached hydrogen (secondary N) is 2. The number of para-hydroxylation sites is 2. The summed E-state index contributed by atoms with van der Waals surface area (Å²) in [5.41, 5.74) is 1.37. The second kappa shape index (κ2) is 4.59. The van der Waals surface area contributed by atoms with Crippen molar-refractivity contribution in [3.05, 3.63) is 24.3 Å². The summed E-state index contributed by atoms with van der Waals surface area (Å²) in [5.74, 6) is 0.532. The number of imidazole rings is 1. The number of aromatic amines is 1. The molecule has 0 spiro atoms. The van der Waals surface area contributed by atoms with Gasteiger partial charge in [-0.25, -0.2) is 4.98 Å². The van der Waals surface area contributed by atoms with Crippen LogP contribution in [0.1, 0.15) is 27.2 Å². The first kappa shape index (κ1) is 13.1. The van der Waals surface area contributed by atoms with Crippen molar-refractivity contribution in [2.45, 2.75) is 38.8 Å². The van der Waals surface area contributed by atoms with Crippen LogP contribution in [0.3, 0.4) is 0 Å². The molecule has 0 saturated carbocycles. The molecule has 20 heavy (non-hydrogen) atoms. The Morgan fingerprint density at radius 3 is 2.80 bits per heavy atom. The number of amides is 1. The standard InChI is InChI=1S/C15H20N4O/c1-10(2)19-9-8-15(19,3)13(20)18-14-16-11-6-4-5-7-12(11)17-14/h4-7,10H,8-9H2,1-3H3,(H2,16,17,18,20). The summed E-state index contributed by atoms with van der Waals surface area (Å²) < 4.78 is 0. The zero-order valence-electron chi connectivity index (χ0n) is 12.1. The smallest absolute Gasteiger partial charge is 0.246 e. The van der Waals surface area contributed by atoms with Crippen molar-refractivity contribution in [1.82, 2.24) is 14.9 Å². The van der Waals surface area contributed by atoms with Crippen molar-refractivity contribution in [2.24, 2.45) is 0 Å². The molecule has 106 valence electrons. The quantitative estimate of drug-likeness (QED) is 0.901. The zero-order valence-corrected chi connectivity index (χ0v) is 12.1. The molecule has 2 heterocycles. The maximum atomic E-state index is 12.5. The van der Waals surface area contributed by atoms with E-state index in [2.05, 4.69) is 34.0 Å². The van der Waals surface area contributed by atoms with E-state index in [4.69, 9.17) is 0 Å². The van der Waals surface area contributed by atoms with Gasteiger partial charge in [-0.15, -0.1) is 0 Å². The van der Waals surface area contributed by atoms with Crippen LogP contribution >= 0.6 is 0 Å². The van der Waals surface area contributed by atoms with Crippen LogP contribution < -0.4 is 5.32 Å². The van der Waals surface area contributed by atoms with Gasteiger partial charge in [0, 0.05) is 12.6 Å². The highest BCUT2D eigenvalue weighted by atomic mass is 16.2. The van der Waals surface area contributed by atoms with Gasteiger partial charge < -0.3 is 4.98 Å². The molecule has 1 aliphatic rings. The van der Waals surface area contributed by atoms with Crippen LogP contribution in [0.15, 0.2) is 24.3 Å². The van der Waals surface area contributed by atoms with Gasteiger partial charge in [-0.05, 0) is 39.3 Å². The van der Waals surface area contributed by atoms with Crippen molar-refractivity contribution in [3.63, 3.8) is 0 Å². The Morgan fingerprint density at radius 2 is 2.20 bits per heavy atom. The highest BCUT2D eigenvalue weighted by Gasteiger charge is 2.48. The summed E-state index contributed by atoms with van der Waals surface area (Å²) >= 11 is 0. The number of anilines is 1. The molecular formula is C15H20N4O. The highest BCUT2D eigenvalue weighted by Crippen LogP contribution is 2.33.